The number of carbonyl (C=O) groups is 1. The van der Waals surface area contributed by atoms with Crippen LogP contribution in [0.5, 0.6) is 0 Å². The Bertz CT molecular complexity index is 628. The number of unbranched alkanes of at least 4 members (excludes halogenated alkanes) is 2. The molecule has 1 heterocycles. The number of amides is 1. The second kappa shape index (κ2) is 9.60. The van der Waals surface area contributed by atoms with E-state index in [0.717, 1.165) is 31.2 Å². The van der Waals surface area contributed by atoms with E-state index < -0.39 is 0 Å². The molecule has 0 saturated heterocycles. The summed E-state index contributed by atoms with van der Waals surface area (Å²) in [5, 5.41) is 5.96. The van der Waals surface area contributed by atoms with Crippen molar-refractivity contribution in [2.24, 2.45) is 0 Å². The molecule has 24 heavy (non-hydrogen) atoms. The minimum Gasteiger partial charge on any atom is -0.368 e. The molecule has 0 spiro atoms. The maximum absolute atomic E-state index is 12.8. The van der Waals surface area contributed by atoms with Crippen molar-refractivity contribution in [3.8, 4) is 0 Å². The molecule has 0 aliphatic heterocycles. The van der Waals surface area contributed by atoms with Gasteiger partial charge >= 0.3 is 0 Å². The van der Waals surface area contributed by atoms with Crippen LogP contribution in [0.15, 0.2) is 36.7 Å². The number of hydrogen-bond donors (Lipinski definition) is 2. The van der Waals surface area contributed by atoms with Gasteiger partial charge < -0.3 is 10.6 Å². The Balaban J connectivity index is 1.75. The first-order chi connectivity index (χ1) is 11.7. The molecule has 2 N–H and O–H groups in total. The van der Waals surface area contributed by atoms with Crippen LogP contribution < -0.4 is 10.6 Å². The highest BCUT2D eigenvalue weighted by molar-refractivity contribution is 5.91. The molecule has 2 rings (SSSR count). The molecule has 0 saturated carbocycles. The van der Waals surface area contributed by atoms with Crippen LogP contribution in [0.3, 0.4) is 0 Å². The van der Waals surface area contributed by atoms with E-state index in [-0.39, 0.29) is 11.7 Å². The van der Waals surface area contributed by atoms with Crippen molar-refractivity contribution < 1.29 is 9.18 Å². The van der Waals surface area contributed by atoms with Crippen molar-refractivity contribution in [3.63, 3.8) is 0 Å². The van der Waals surface area contributed by atoms with Gasteiger partial charge in [-0.2, -0.15) is 0 Å². The molecule has 0 aliphatic rings. The van der Waals surface area contributed by atoms with Crippen molar-refractivity contribution in [1.82, 2.24) is 15.3 Å². The number of halogens is 1. The summed E-state index contributed by atoms with van der Waals surface area (Å²) in [5.41, 5.74) is 1.36. The predicted octanol–water partition coefficient (Wildman–Crippen LogP) is 3.19. The van der Waals surface area contributed by atoms with Crippen LogP contribution in [0.25, 0.3) is 0 Å². The smallest absolute Gasteiger partial charge is 0.271 e. The van der Waals surface area contributed by atoms with Crippen LogP contribution in [0.1, 0.15) is 42.2 Å². The van der Waals surface area contributed by atoms with Crippen LogP contribution >= 0.6 is 0 Å². The van der Waals surface area contributed by atoms with Gasteiger partial charge in [0.25, 0.3) is 5.91 Å². The number of aromatic nitrogens is 2. The highest BCUT2D eigenvalue weighted by Gasteiger charge is 2.07. The quantitative estimate of drug-likeness (QED) is 0.693. The number of carbonyl (C=O) groups excluding carboxylic acids is 1. The highest BCUT2D eigenvalue weighted by atomic mass is 19.1. The lowest BCUT2D eigenvalue weighted by atomic mass is 10.1. The molecule has 1 amide bonds. The van der Waals surface area contributed by atoms with Gasteiger partial charge in [0.1, 0.15) is 17.3 Å². The summed E-state index contributed by atoms with van der Waals surface area (Å²) in [7, 11) is 0. The Morgan fingerprint density at radius 1 is 1.08 bits per heavy atom. The minimum absolute atomic E-state index is 0.198. The predicted molar refractivity (Wildman–Crippen MR) is 92.5 cm³/mol. The summed E-state index contributed by atoms with van der Waals surface area (Å²) in [4.78, 5) is 20.2. The molecule has 0 bridgehead atoms. The Morgan fingerprint density at radius 3 is 2.54 bits per heavy atom. The first-order valence-electron chi connectivity index (χ1n) is 8.27. The van der Waals surface area contributed by atoms with E-state index in [2.05, 4.69) is 27.5 Å². The van der Waals surface area contributed by atoms with Crippen molar-refractivity contribution in [1.29, 1.82) is 0 Å². The lowest BCUT2D eigenvalue weighted by molar-refractivity contribution is 0.0947. The molecular weight excluding hydrogens is 307 g/mol. The first kappa shape index (κ1) is 17.8. The highest BCUT2D eigenvalue weighted by Crippen LogP contribution is 2.05. The largest absolute Gasteiger partial charge is 0.368 e. The first-order valence-corrected chi connectivity index (χ1v) is 8.27. The van der Waals surface area contributed by atoms with E-state index in [4.69, 9.17) is 0 Å². The fraction of sp³-hybridized carbons (Fsp3) is 0.389. The lowest BCUT2D eigenvalue weighted by Gasteiger charge is -2.07. The number of nitrogens with zero attached hydrogens (tertiary/aromatic N) is 2. The zero-order chi connectivity index (χ0) is 17.2. The third kappa shape index (κ3) is 5.95. The molecule has 1 aromatic heterocycles. The zero-order valence-electron chi connectivity index (χ0n) is 13.9. The molecule has 2 aromatic rings. The molecule has 128 valence electrons. The monoisotopic (exact) mass is 330 g/mol. The summed E-state index contributed by atoms with van der Waals surface area (Å²) in [6.07, 6.45) is 6.96. The van der Waals surface area contributed by atoms with Gasteiger partial charge in [-0.15, -0.1) is 0 Å². The summed E-state index contributed by atoms with van der Waals surface area (Å²) in [6.45, 7) is 3.43. The number of nitrogens with one attached hydrogen (secondary N) is 2. The molecule has 0 aliphatic carbocycles. The molecule has 6 heteroatoms. The van der Waals surface area contributed by atoms with E-state index in [1.807, 2.05) is 0 Å². The molecule has 1 aromatic carbocycles. The van der Waals surface area contributed by atoms with E-state index in [0.29, 0.717) is 24.6 Å². The van der Waals surface area contributed by atoms with Gasteiger partial charge in [-0.1, -0.05) is 31.9 Å². The number of benzene rings is 1. The Morgan fingerprint density at radius 2 is 1.88 bits per heavy atom. The molecular formula is C18H23FN4O. The average Bonchev–Trinajstić information content (AvgIpc) is 2.61. The number of rotatable bonds is 9. The van der Waals surface area contributed by atoms with Gasteiger partial charge in [-0.3, -0.25) is 4.79 Å². The van der Waals surface area contributed by atoms with Crippen LogP contribution in [-0.2, 0) is 6.42 Å². The van der Waals surface area contributed by atoms with Gasteiger partial charge in [0.15, 0.2) is 0 Å². The Labute approximate surface area is 141 Å². The van der Waals surface area contributed by atoms with Crippen molar-refractivity contribution in [3.05, 3.63) is 53.7 Å². The Kier molecular flexibility index (Phi) is 7.14. The van der Waals surface area contributed by atoms with Crippen LogP contribution in [0.4, 0.5) is 10.2 Å². The normalized spacial score (nSPS) is 10.4. The van der Waals surface area contributed by atoms with Gasteiger partial charge in [-0.05, 0) is 30.5 Å². The summed E-state index contributed by atoms with van der Waals surface area (Å²) >= 11 is 0. The number of anilines is 1. The maximum Gasteiger partial charge on any atom is 0.271 e. The molecule has 5 nitrogen and oxygen atoms in total. The second-order valence-corrected chi connectivity index (χ2v) is 5.55. The van der Waals surface area contributed by atoms with E-state index in [1.54, 1.807) is 18.3 Å². The van der Waals surface area contributed by atoms with Crippen LogP contribution in [0, 0.1) is 5.82 Å². The SMILES string of the molecule is CCCCCNC(=O)c1cnc(NCCc2ccc(F)cc2)cn1. The van der Waals surface area contributed by atoms with Crippen molar-refractivity contribution >= 4 is 11.7 Å². The van der Waals surface area contributed by atoms with Gasteiger partial charge in [0, 0.05) is 13.1 Å². The lowest BCUT2D eigenvalue weighted by Crippen LogP contribution is -2.25. The zero-order valence-corrected chi connectivity index (χ0v) is 13.9. The van der Waals surface area contributed by atoms with Gasteiger partial charge in [0.2, 0.25) is 0 Å². The van der Waals surface area contributed by atoms with Crippen LogP contribution in [0.2, 0.25) is 0 Å². The minimum atomic E-state index is -0.235. The fourth-order valence-corrected chi connectivity index (χ4v) is 2.19. The maximum atomic E-state index is 12.8. The standard InChI is InChI=1S/C18H23FN4O/c1-2-3-4-10-21-18(24)16-12-23-17(13-22-16)20-11-9-14-5-7-15(19)8-6-14/h5-8,12-13H,2-4,9-11H2,1H3,(H,20,23)(H,21,24). The van der Waals surface area contributed by atoms with Crippen LogP contribution in [-0.4, -0.2) is 29.0 Å². The topological polar surface area (TPSA) is 66.9 Å². The number of hydrogen-bond acceptors (Lipinski definition) is 4. The van der Waals surface area contributed by atoms with Crippen molar-refractivity contribution in [2.75, 3.05) is 18.4 Å². The summed E-state index contributed by atoms with van der Waals surface area (Å²) in [5.74, 6) is 0.178. The van der Waals surface area contributed by atoms with Gasteiger partial charge in [-0.25, -0.2) is 14.4 Å². The molecule has 0 fully saturated rings. The van der Waals surface area contributed by atoms with E-state index >= 15 is 0 Å². The van der Waals surface area contributed by atoms with E-state index in [1.165, 1.54) is 18.3 Å². The fourth-order valence-electron chi connectivity index (χ4n) is 2.19. The van der Waals surface area contributed by atoms with Gasteiger partial charge in [0.05, 0.1) is 12.4 Å². The Hall–Kier alpha value is -2.50. The molecule has 0 atom stereocenters. The molecule has 0 radical (unpaired) electrons. The third-order valence-corrected chi connectivity index (χ3v) is 3.58. The second-order valence-electron chi connectivity index (χ2n) is 5.55. The molecule has 0 unspecified atom stereocenters. The van der Waals surface area contributed by atoms with E-state index in [9.17, 15) is 9.18 Å². The van der Waals surface area contributed by atoms with Crippen molar-refractivity contribution in [2.45, 2.75) is 32.6 Å². The summed E-state index contributed by atoms with van der Waals surface area (Å²) < 4.78 is 12.8. The average molecular weight is 330 g/mol. The third-order valence-electron chi connectivity index (χ3n) is 3.58. The summed E-state index contributed by atoms with van der Waals surface area (Å²) in [6, 6.07) is 6.41.